The second-order valence-corrected chi connectivity index (χ2v) is 3.78. The lowest BCUT2D eigenvalue weighted by Gasteiger charge is -2.02. The van der Waals surface area contributed by atoms with Crippen LogP contribution < -0.4 is 4.52 Å². The maximum absolute atomic E-state index is 13.0. The van der Waals surface area contributed by atoms with Crippen molar-refractivity contribution in [1.82, 2.24) is 0 Å². The van der Waals surface area contributed by atoms with Crippen LogP contribution in [-0.4, -0.2) is 12.8 Å². The van der Waals surface area contributed by atoms with Crippen LogP contribution >= 0.6 is 8.03 Å². The number of carbonyl (C=O) groups is 1. The van der Waals surface area contributed by atoms with E-state index in [2.05, 4.69) is 9.26 Å². The summed E-state index contributed by atoms with van der Waals surface area (Å²) in [6, 6.07) is 0. The molecule has 0 aliphatic carbocycles. The molecule has 0 amide bonds. The van der Waals surface area contributed by atoms with Gasteiger partial charge in [0.2, 0.25) is 29.1 Å². The van der Waals surface area contributed by atoms with Crippen molar-refractivity contribution in [1.29, 1.82) is 0 Å². The minimum atomic E-state index is -3.43. The van der Waals surface area contributed by atoms with Gasteiger partial charge in [-0.1, -0.05) is 0 Å². The summed E-state index contributed by atoms with van der Waals surface area (Å²) in [5.41, 5.74) is -1.52. The second-order valence-electron chi connectivity index (χ2n) is 2.72. The van der Waals surface area contributed by atoms with Gasteiger partial charge in [-0.2, -0.15) is 13.6 Å². The molecule has 0 N–H and O–H groups in total. The Morgan fingerprint density at radius 1 is 0.944 bits per heavy atom. The molecule has 0 aliphatic rings. The van der Waals surface area contributed by atoms with Crippen molar-refractivity contribution in [2.24, 2.45) is 0 Å². The zero-order chi connectivity index (χ0) is 14.0. The van der Waals surface area contributed by atoms with Crippen LogP contribution in [0.5, 0.6) is 5.75 Å². The number of halogens is 5. The van der Waals surface area contributed by atoms with E-state index < -0.39 is 48.6 Å². The molecule has 1 aromatic rings. The molecule has 0 fully saturated rings. The van der Waals surface area contributed by atoms with Gasteiger partial charge in [-0.05, 0) is 4.57 Å². The quantitative estimate of drug-likeness (QED) is 0.371. The molecule has 18 heavy (non-hydrogen) atoms. The predicted molar refractivity (Wildman–Crippen MR) is 46.9 cm³/mol. The van der Waals surface area contributed by atoms with E-state index >= 15 is 0 Å². The van der Waals surface area contributed by atoms with Gasteiger partial charge in [0.25, 0.3) is 5.75 Å². The van der Waals surface area contributed by atoms with Gasteiger partial charge in [0.05, 0.1) is 7.11 Å². The van der Waals surface area contributed by atoms with Crippen LogP contribution in [0.1, 0.15) is 0 Å². The average Bonchev–Trinajstić information content (AvgIpc) is 2.37. The van der Waals surface area contributed by atoms with Crippen molar-refractivity contribution in [3.8, 4) is 5.75 Å². The highest BCUT2D eigenvalue weighted by atomic mass is 31.1. The number of benzene rings is 1. The fourth-order valence-corrected chi connectivity index (χ4v) is 1.41. The predicted octanol–water partition coefficient (Wildman–Crippen LogP) is 3.27. The highest BCUT2D eigenvalue weighted by molar-refractivity contribution is 7.58. The summed E-state index contributed by atoms with van der Waals surface area (Å²) < 4.78 is 82.7. The molecular weight excluding hydrogens is 286 g/mol. The Labute approximate surface area is 97.2 Å². The molecule has 98 valence electrons. The van der Waals surface area contributed by atoms with Gasteiger partial charge in [0, 0.05) is 0 Å². The van der Waals surface area contributed by atoms with Gasteiger partial charge in [-0.3, -0.25) is 0 Å². The Hall–Kier alpha value is -1.76. The molecule has 1 atom stereocenters. The Bertz CT molecular complexity index is 504. The summed E-state index contributed by atoms with van der Waals surface area (Å²) in [6.45, 7) is 0. The maximum Gasteiger partial charge on any atom is 0.685 e. The molecule has 4 nitrogen and oxygen atoms in total. The number of ether oxygens (including phenoxy) is 1. The molecule has 1 rings (SSSR count). The standard InChI is InChI=1S/C8H3F5O4P/c1-16-8(14)18(15)17-7-5(12)3(10)2(9)4(11)6(7)13/h1H3/q+1. The van der Waals surface area contributed by atoms with Crippen molar-refractivity contribution in [3.05, 3.63) is 29.1 Å². The largest absolute Gasteiger partial charge is 0.685 e. The van der Waals surface area contributed by atoms with Gasteiger partial charge in [0.15, 0.2) is 0 Å². The van der Waals surface area contributed by atoms with Gasteiger partial charge in [0.1, 0.15) is 0 Å². The Kier molecular flexibility index (Phi) is 4.18. The first-order chi connectivity index (χ1) is 8.31. The summed E-state index contributed by atoms with van der Waals surface area (Å²) in [5, 5.41) is 0. The fraction of sp³-hybridized carbons (Fsp3) is 0.125. The number of hydrogen-bond donors (Lipinski definition) is 0. The molecule has 0 saturated heterocycles. The van der Waals surface area contributed by atoms with Crippen LogP contribution in [0, 0.1) is 29.1 Å². The fourth-order valence-electron chi connectivity index (χ4n) is 0.860. The van der Waals surface area contributed by atoms with E-state index in [1.54, 1.807) is 0 Å². The maximum atomic E-state index is 13.0. The number of carbonyl (C=O) groups excluding carboxylic acids is 1. The van der Waals surface area contributed by atoms with E-state index in [1.165, 1.54) is 0 Å². The van der Waals surface area contributed by atoms with E-state index in [0.717, 1.165) is 7.11 Å². The monoisotopic (exact) mass is 289 g/mol. The van der Waals surface area contributed by atoms with Crippen molar-refractivity contribution < 1.29 is 40.6 Å². The molecule has 0 radical (unpaired) electrons. The van der Waals surface area contributed by atoms with Crippen molar-refractivity contribution >= 4 is 13.7 Å². The molecule has 1 unspecified atom stereocenters. The van der Waals surface area contributed by atoms with Gasteiger partial charge >= 0.3 is 13.7 Å². The van der Waals surface area contributed by atoms with Crippen LogP contribution in [0.25, 0.3) is 0 Å². The molecule has 0 saturated carbocycles. The number of hydrogen-bond acceptors (Lipinski definition) is 4. The third-order valence-electron chi connectivity index (χ3n) is 1.67. The SMILES string of the molecule is COC(=O)[P+](=O)Oc1c(F)c(F)c(F)c(F)c1F. The summed E-state index contributed by atoms with van der Waals surface area (Å²) in [4.78, 5) is 10.6. The first-order valence-electron chi connectivity index (χ1n) is 4.05. The van der Waals surface area contributed by atoms with E-state index in [4.69, 9.17) is 0 Å². The summed E-state index contributed by atoms with van der Waals surface area (Å²) in [5.74, 6) is -13.4. The van der Waals surface area contributed by atoms with Gasteiger partial charge < -0.3 is 4.74 Å². The third kappa shape index (κ3) is 2.40. The van der Waals surface area contributed by atoms with Crippen LogP contribution in [0.3, 0.4) is 0 Å². The van der Waals surface area contributed by atoms with E-state index in [1.807, 2.05) is 0 Å². The van der Waals surface area contributed by atoms with Crippen molar-refractivity contribution in [2.45, 2.75) is 0 Å². The summed E-state index contributed by atoms with van der Waals surface area (Å²) in [6.07, 6.45) is 0. The molecule has 0 heterocycles. The first kappa shape index (κ1) is 14.3. The molecule has 1 aromatic carbocycles. The Balaban J connectivity index is 3.26. The lowest BCUT2D eigenvalue weighted by molar-refractivity contribution is 0.195. The van der Waals surface area contributed by atoms with Crippen LogP contribution in [0.4, 0.5) is 26.7 Å². The zero-order valence-corrected chi connectivity index (χ0v) is 9.36. The van der Waals surface area contributed by atoms with E-state index in [9.17, 15) is 31.3 Å². The average molecular weight is 289 g/mol. The highest BCUT2D eigenvalue weighted by Gasteiger charge is 2.39. The third-order valence-corrected chi connectivity index (χ3v) is 2.50. The molecule has 0 aliphatic heterocycles. The first-order valence-corrected chi connectivity index (χ1v) is 5.23. The normalized spacial score (nSPS) is 11.1. The Morgan fingerprint density at radius 3 is 1.72 bits per heavy atom. The topological polar surface area (TPSA) is 52.6 Å². The minimum Gasteiger partial charge on any atom is -0.428 e. The minimum absolute atomic E-state index is 0.789. The smallest absolute Gasteiger partial charge is 0.428 e. The van der Waals surface area contributed by atoms with Gasteiger partial charge in [-0.25, -0.2) is 17.7 Å². The Morgan fingerprint density at radius 2 is 1.33 bits per heavy atom. The summed E-state index contributed by atoms with van der Waals surface area (Å²) in [7, 11) is -2.64. The molecular formula is C8H3F5O4P+. The van der Waals surface area contributed by atoms with Crippen LogP contribution in [0.15, 0.2) is 0 Å². The van der Waals surface area contributed by atoms with Crippen LogP contribution in [-0.2, 0) is 9.30 Å². The summed E-state index contributed by atoms with van der Waals surface area (Å²) >= 11 is 0. The van der Waals surface area contributed by atoms with E-state index in [0.29, 0.717) is 0 Å². The number of rotatable bonds is 3. The van der Waals surface area contributed by atoms with Crippen LogP contribution in [0.2, 0.25) is 0 Å². The molecule has 10 heteroatoms. The second kappa shape index (κ2) is 5.26. The molecule has 0 spiro atoms. The lowest BCUT2D eigenvalue weighted by Crippen LogP contribution is -2.05. The molecule has 0 bridgehead atoms. The highest BCUT2D eigenvalue weighted by Crippen LogP contribution is 2.36. The molecule has 0 aromatic heterocycles. The zero-order valence-electron chi connectivity index (χ0n) is 8.47. The van der Waals surface area contributed by atoms with Gasteiger partial charge in [-0.15, -0.1) is 0 Å². The van der Waals surface area contributed by atoms with Crippen molar-refractivity contribution in [2.75, 3.05) is 7.11 Å². The number of methoxy groups -OCH3 is 1. The van der Waals surface area contributed by atoms with Crippen molar-refractivity contribution in [3.63, 3.8) is 0 Å². The van der Waals surface area contributed by atoms with E-state index in [-0.39, 0.29) is 0 Å². The lowest BCUT2D eigenvalue weighted by atomic mass is 10.3.